The quantitative estimate of drug-likeness (QED) is 0.869. The van der Waals surface area contributed by atoms with Crippen LogP contribution in [0.2, 0.25) is 0 Å². The van der Waals surface area contributed by atoms with Crippen molar-refractivity contribution in [2.45, 2.75) is 46.8 Å². The number of hydrogen-bond acceptors (Lipinski definition) is 2. The molecule has 0 aliphatic heterocycles. The van der Waals surface area contributed by atoms with Gasteiger partial charge in [-0.25, -0.2) is 0 Å². The zero-order valence-corrected chi connectivity index (χ0v) is 13.7. The van der Waals surface area contributed by atoms with Crippen LogP contribution >= 0.6 is 0 Å². The molecule has 2 rings (SSSR count). The number of hydrogen-bond donors (Lipinski definition) is 1. The molecule has 0 aliphatic carbocycles. The topological polar surface area (TPSA) is 26.2 Å². The first-order chi connectivity index (χ1) is 10.1. The van der Waals surface area contributed by atoms with Crippen LogP contribution in [0.1, 0.15) is 42.4 Å². The molecule has 0 amide bonds. The number of aryl methyl sites for hydroxylation is 1. The second-order valence-electron chi connectivity index (χ2n) is 5.49. The van der Waals surface area contributed by atoms with Gasteiger partial charge in [-0.05, 0) is 45.4 Å². The SMILES string of the molecule is CCn1c(C)cc(CN[C@@H](C)c2ccccc2OC)c1C. The van der Waals surface area contributed by atoms with Gasteiger partial charge in [-0.15, -0.1) is 0 Å². The number of para-hydroxylation sites is 1. The second-order valence-corrected chi connectivity index (χ2v) is 5.49. The number of ether oxygens (including phenoxy) is 1. The maximum atomic E-state index is 5.44. The van der Waals surface area contributed by atoms with Crippen molar-refractivity contribution in [3.8, 4) is 5.75 Å². The standard InChI is InChI=1S/C18H26N2O/c1-6-20-13(2)11-16(15(20)4)12-19-14(3)17-9-7-8-10-18(17)21-5/h7-11,14,19H,6,12H2,1-5H3/t14-/m0/s1. The summed E-state index contributed by atoms with van der Waals surface area (Å²) in [6.07, 6.45) is 0. The van der Waals surface area contributed by atoms with Crippen molar-refractivity contribution >= 4 is 0 Å². The maximum absolute atomic E-state index is 5.44. The predicted molar refractivity (Wildman–Crippen MR) is 87.8 cm³/mol. The number of benzene rings is 1. The second kappa shape index (κ2) is 6.81. The monoisotopic (exact) mass is 286 g/mol. The van der Waals surface area contributed by atoms with E-state index >= 15 is 0 Å². The third-order valence-electron chi connectivity index (χ3n) is 4.20. The van der Waals surface area contributed by atoms with Gasteiger partial charge in [0, 0.05) is 36.1 Å². The summed E-state index contributed by atoms with van der Waals surface area (Å²) in [7, 11) is 1.72. The van der Waals surface area contributed by atoms with Gasteiger partial charge >= 0.3 is 0 Å². The maximum Gasteiger partial charge on any atom is 0.123 e. The Bertz CT molecular complexity index is 601. The summed E-state index contributed by atoms with van der Waals surface area (Å²) in [4.78, 5) is 0. The summed E-state index contributed by atoms with van der Waals surface area (Å²) in [5.41, 5.74) is 5.26. The van der Waals surface area contributed by atoms with E-state index < -0.39 is 0 Å². The Morgan fingerprint density at radius 1 is 1.24 bits per heavy atom. The summed E-state index contributed by atoms with van der Waals surface area (Å²) in [6.45, 7) is 10.6. The molecule has 0 bridgehead atoms. The normalized spacial score (nSPS) is 12.4. The van der Waals surface area contributed by atoms with Crippen molar-refractivity contribution in [1.82, 2.24) is 9.88 Å². The zero-order chi connectivity index (χ0) is 15.4. The van der Waals surface area contributed by atoms with E-state index in [1.807, 2.05) is 12.1 Å². The Morgan fingerprint density at radius 3 is 2.57 bits per heavy atom. The average molecular weight is 286 g/mol. The van der Waals surface area contributed by atoms with Crippen LogP contribution in [0.15, 0.2) is 30.3 Å². The number of nitrogens with one attached hydrogen (secondary N) is 1. The van der Waals surface area contributed by atoms with E-state index in [-0.39, 0.29) is 6.04 Å². The third-order valence-corrected chi connectivity index (χ3v) is 4.20. The highest BCUT2D eigenvalue weighted by molar-refractivity contribution is 5.35. The molecular weight excluding hydrogens is 260 g/mol. The van der Waals surface area contributed by atoms with Gasteiger partial charge in [-0.3, -0.25) is 0 Å². The fraction of sp³-hybridized carbons (Fsp3) is 0.444. The Morgan fingerprint density at radius 2 is 1.95 bits per heavy atom. The molecule has 0 saturated carbocycles. The summed E-state index contributed by atoms with van der Waals surface area (Å²) < 4.78 is 7.79. The Balaban J connectivity index is 2.09. The first kappa shape index (κ1) is 15.6. The van der Waals surface area contributed by atoms with E-state index in [9.17, 15) is 0 Å². The van der Waals surface area contributed by atoms with Gasteiger partial charge in [0.05, 0.1) is 7.11 Å². The van der Waals surface area contributed by atoms with E-state index in [4.69, 9.17) is 4.74 Å². The summed E-state index contributed by atoms with van der Waals surface area (Å²) >= 11 is 0. The molecule has 1 atom stereocenters. The smallest absolute Gasteiger partial charge is 0.123 e. The van der Waals surface area contributed by atoms with E-state index in [1.165, 1.54) is 22.5 Å². The minimum Gasteiger partial charge on any atom is -0.496 e. The van der Waals surface area contributed by atoms with E-state index in [2.05, 4.69) is 55.8 Å². The first-order valence-corrected chi connectivity index (χ1v) is 7.60. The van der Waals surface area contributed by atoms with Gasteiger partial charge in [-0.1, -0.05) is 18.2 Å². The van der Waals surface area contributed by atoms with Crippen LogP contribution < -0.4 is 10.1 Å². The van der Waals surface area contributed by atoms with Crippen LogP contribution in [-0.2, 0) is 13.1 Å². The molecule has 114 valence electrons. The Hall–Kier alpha value is -1.74. The molecule has 0 aliphatic rings. The molecule has 21 heavy (non-hydrogen) atoms. The molecule has 1 N–H and O–H groups in total. The van der Waals surface area contributed by atoms with Gasteiger partial charge in [0.2, 0.25) is 0 Å². The predicted octanol–water partition coefficient (Wildman–Crippen LogP) is 3.98. The van der Waals surface area contributed by atoms with Crippen molar-refractivity contribution in [3.05, 3.63) is 52.8 Å². The van der Waals surface area contributed by atoms with Gasteiger partial charge in [0.25, 0.3) is 0 Å². The van der Waals surface area contributed by atoms with Crippen molar-refractivity contribution in [3.63, 3.8) is 0 Å². The molecule has 3 nitrogen and oxygen atoms in total. The number of rotatable bonds is 6. The fourth-order valence-electron chi connectivity index (χ4n) is 2.94. The number of nitrogens with zero attached hydrogens (tertiary/aromatic N) is 1. The largest absolute Gasteiger partial charge is 0.496 e. The lowest BCUT2D eigenvalue weighted by molar-refractivity contribution is 0.401. The van der Waals surface area contributed by atoms with Crippen LogP contribution in [0.5, 0.6) is 5.75 Å². The average Bonchev–Trinajstić information content (AvgIpc) is 2.78. The molecular formula is C18H26N2O. The molecule has 0 saturated heterocycles. The zero-order valence-electron chi connectivity index (χ0n) is 13.7. The molecule has 1 heterocycles. The van der Waals surface area contributed by atoms with Gasteiger partial charge in [-0.2, -0.15) is 0 Å². The van der Waals surface area contributed by atoms with Crippen molar-refractivity contribution in [1.29, 1.82) is 0 Å². The molecule has 0 fully saturated rings. The Kier molecular flexibility index (Phi) is 5.07. The van der Waals surface area contributed by atoms with E-state index in [0.717, 1.165) is 18.8 Å². The molecule has 1 aromatic heterocycles. The molecule has 0 spiro atoms. The number of aromatic nitrogens is 1. The van der Waals surface area contributed by atoms with Gasteiger partial charge < -0.3 is 14.6 Å². The van der Waals surface area contributed by atoms with Crippen molar-refractivity contribution in [2.75, 3.05) is 7.11 Å². The lowest BCUT2D eigenvalue weighted by Gasteiger charge is -2.17. The lowest BCUT2D eigenvalue weighted by atomic mass is 10.1. The van der Waals surface area contributed by atoms with Crippen molar-refractivity contribution < 1.29 is 4.74 Å². The van der Waals surface area contributed by atoms with Gasteiger partial charge in [0.15, 0.2) is 0 Å². The first-order valence-electron chi connectivity index (χ1n) is 7.60. The molecule has 2 aromatic rings. The minimum absolute atomic E-state index is 0.255. The molecule has 0 radical (unpaired) electrons. The summed E-state index contributed by atoms with van der Waals surface area (Å²) in [5.74, 6) is 0.941. The third kappa shape index (κ3) is 3.30. The minimum atomic E-state index is 0.255. The van der Waals surface area contributed by atoms with Crippen LogP contribution in [0, 0.1) is 13.8 Å². The van der Waals surface area contributed by atoms with E-state index in [0.29, 0.717) is 0 Å². The fourth-order valence-corrected chi connectivity index (χ4v) is 2.94. The lowest BCUT2D eigenvalue weighted by Crippen LogP contribution is -2.19. The molecule has 0 unspecified atom stereocenters. The molecule has 3 heteroatoms. The van der Waals surface area contributed by atoms with Gasteiger partial charge in [0.1, 0.15) is 5.75 Å². The van der Waals surface area contributed by atoms with Crippen LogP contribution in [0.4, 0.5) is 0 Å². The highest BCUT2D eigenvalue weighted by Crippen LogP contribution is 2.25. The summed E-state index contributed by atoms with van der Waals surface area (Å²) in [6, 6.07) is 10.7. The van der Waals surface area contributed by atoms with Crippen LogP contribution in [-0.4, -0.2) is 11.7 Å². The Labute approximate surface area is 127 Å². The highest BCUT2D eigenvalue weighted by atomic mass is 16.5. The highest BCUT2D eigenvalue weighted by Gasteiger charge is 2.12. The van der Waals surface area contributed by atoms with Crippen LogP contribution in [0.3, 0.4) is 0 Å². The van der Waals surface area contributed by atoms with Crippen LogP contribution in [0.25, 0.3) is 0 Å². The summed E-state index contributed by atoms with van der Waals surface area (Å²) in [5, 5.41) is 3.60. The van der Waals surface area contributed by atoms with E-state index in [1.54, 1.807) is 7.11 Å². The number of methoxy groups -OCH3 is 1. The molecule has 1 aromatic carbocycles. The van der Waals surface area contributed by atoms with Crippen molar-refractivity contribution in [2.24, 2.45) is 0 Å².